The molecular weight excluding hydrogens is 402 g/mol. The van der Waals surface area contributed by atoms with Crippen molar-refractivity contribution in [2.45, 2.75) is 45.9 Å². The van der Waals surface area contributed by atoms with E-state index in [1.807, 2.05) is 35.2 Å². The first-order chi connectivity index (χ1) is 15.4. The van der Waals surface area contributed by atoms with Crippen molar-refractivity contribution in [2.75, 3.05) is 25.1 Å². The summed E-state index contributed by atoms with van der Waals surface area (Å²) < 4.78 is 5.24. The molecule has 0 aliphatic carbocycles. The molecule has 4 rings (SSSR count). The summed E-state index contributed by atoms with van der Waals surface area (Å²) in [4.78, 5) is 21.6. The summed E-state index contributed by atoms with van der Waals surface area (Å²) in [5.74, 6) is 1.67. The second-order valence-electron chi connectivity index (χ2n) is 8.58. The van der Waals surface area contributed by atoms with Gasteiger partial charge in [-0.3, -0.25) is 4.79 Å². The molecule has 1 saturated heterocycles. The monoisotopic (exact) mass is 433 g/mol. The van der Waals surface area contributed by atoms with E-state index in [1.54, 1.807) is 14.0 Å². The summed E-state index contributed by atoms with van der Waals surface area (Å²) in [5.41, 5.74) is 4.13. The van der Waals surface area contributed by atoms with Gasteiger partial charge >= 0.3 is 0 Å². The van der Waals surface area contributed by atoms with Gasteiger partial charge in [-0.1, -0.05) is 30.3 Å². The normalized spacial score (nSPS) is 16.2. The van der Waals surface area contributed by atoms with Crippen LogP contribution in [0.25, 0.3) is 10.9 Å². The van der Waals surface area contributed by atoms with Crippen molar-refractivity contribution < 1.29 is 14.6 Å². The van der Waals surface area contributed by atoms with Crippen molar-refractivity contribution >= 4 is 22.6 Å². The number of aromatic nitrogens is 1. The Balaban J connectivity index is 1.69. The molecule has 6 heteroatoms. The highest BCUT2D eigenvalue weighted by atomic mass is 16.5. The van der Waals surface area contributed by atoms with E-state index in [4.69, 9.17) is 9.72 Å². The van der Waals surface area contributed by atoms with Crippen molar-refractivity contribution in [1.82, 2.24) is 9.88 Å². The number of anilines is 1. The Labute approximate surface area is 189 Å². The van der Waals surface area contributed by atoms with Crippen molar-refractivity contribution in [3.05, 3.63) is 65.2 Å². The van der Waals surface area contributed by atoms with E-state index in [2.05, 4.69) is 30.0 Å². The SMILES string of the molecule is COc1ccc(CN(Cc2cc3cccc(C)c3nc2N2CCCC(O)C2)C(C)=O)cc1. The van der Waals surface area contributed by atoms with Crippen LogP contribution >= 0.6 is 0 Å². The van der Waals surface area contributed by atoms with Gasteiger partial charge in [0, 0.05) is 44.1 Å². The molecule has 0 saturated carbocycles. The Hall–Kier alpha value is -3.12. The smallest absolute Gasteiger partial charge is 0.220 e. The van der Waals surface area contributed by atoms with Crippen LogP contribution in [0.5, 0.6) is 5.75 Å². The van der Waals surface area contributed by atoms with Crippen LogP contribution in [0.1, 0.15) is 36.5 Å². The minimum absolute atomic E-state index is 0.00906. The minimum Gasteiger partial charge on any atom is -0.497 e. The first-order valence-electron chi connectivity index (χ1n) is 11.2. The van der Waals surface area contributed by atoms with Crippen LogP contribution in [0.2, 0.25) is 0 Å². The van der Waals surface area contributed by atoms with Crippen LogP contribution in [0, 0.1) is 6.92 Å². The number of amides is 1. The zero-order valence-electron chi connectivity index (χ0n) is 19.0. The average molecular weight is 434 g/mol. The van der Waals surface area contributed by atoms with E-state index < -0.39 is 0 Å². The summed E-state index contributed by atoms with van der Waals surface area (Å²) >= 11 is 0. The molecule has 0 bridgehead atoms. The number of ether oxygens (including phenoxy) is 1. The number of nitrogens with zero attached hydrogens (tertiary/aromatic N) is 3. The van der Waals surface area contributed by atoms with Crippen LogP contribution in [0.15, 0.2) is 48.5 Å². The molecule has 1 aliphatic heterocycles. The van der Waals surface area contributed by atoms with Gasteiger partial charge in [0.25, 0.3) is 0 Å². The molecule has 1 N–H and O–H groups in total. The fraction of sp³-hybridized carbons (Fsp3) is 0.385. The number of benzene rings is 2. The van der Waals surface area contributed by atoms with Gasteiger partial charge in [-0.15, -0.1) is 0 Å². The number of carbonyl (C=O) groups is 1. The van der Waals surface area contributed by atoms with Crippen molar-refractivity contribution in [3.8, 4) is 5.75 Å². The molecule has 3 aromatic rings. The van der Waals surface area contributed by atoms with E-state index in [-0.39, 0.29) is 12.0 Å². The number of β-amino-alcohol motifs (C(OH)–C–C–N with tert-alkyl or cyclic N) is 1. The van der Waals surface area contributed by atoms with E-state index in [9.17, 15) is 9.90 Å². The molecule has 1 atom stereocenters. The third kappa shape index (κ3) is 4.86. The van der Waals surface area contributed by atoms with Crippen LogP contribution in [-0.2, 0) is 17.9 Å². The lowest BCUT2D eigenvalue weighted by molar-refractivity contribution is -0.130. The molecule has 0 radical (unpaired) electrons. The van der Waals surface area contributed by atoms with Gasteiger partial charge in [0.1, 0.15) is 11.6 Å². The number of pyridine rings is 1. The Bertz CT molecular complexity index is 1100. The number of methoxy groups -OCH3 is 1. The summed E-state index contributed by atoms with van der Waals surface area (Å²) in [6, 6.07) is 16.1. The van der Waals surface area contributed by atoms with Crippen LogP contribution < -0.4 is 9.64 Å². The largest absolute Gasteiger partial charge is 0.497 e. The van der Waals surface area contributed by atoms with Gasteiger partial charge in [-0.2, -0.15) is 0 Å². The van der Waals surface area contributed by atoms with Crippen molar-refractivity contribution in [3.63, 3.8) is 0 Å². The summed E-state index contributed by atoms with van der Waals surface area (Å²) in [7, 11) is 1.64. The molecular formula is C26H31N3O3. The zero-order valence-corrected chi connectivity index (χ0v) is 19.0. The fourth-order valence-corrected chi connectivity index (χ4v) is 4.35. The van der Waals surface area contributed by atoms with Gasteiger partial charge in [0.15, 0.2) is 0 Å². The highest BCUT2D eigenvalue weighted by Gasteiger charge is 2.23. The second-order valence-corrected chi connectivity index (χ2v) is 8.58. The lowest BCUT2D eigenvalue weighted by Gasteiger charge is -2.33. The number of aliphatic hydroxyl groups excluding tert-OH is 1. The highest BCUT2D eigenvalue weighted by molar-refractivity contribution is 5.85. The number of aryl methyl sites for hydroxylation is 1. The molecule has 32 heavy (non-hydrogen) atoms. The Morgan fingerprint density at radius 2 is 2.00 bits per heavy atom. The van der Waals surface area contributed by atoms with Crippen LogP contribution in [-0.4, -0.2) is 47.2 Å². The third-order valence-corrected chi connectivity index (χ3v) is 6.14. The van der Waals surface area contributed by atoms with Gasteiger partial charge in [0.05, 0.1) is 18.7 Å². The summed E-state index contributed by atoms with van der Waals surface area (Å²) in [6.07, 6.45) is 1.39. The highest BCUT2D eigenvalue weighted by Crippen LogP contribution is 2.29. The van der Waals surface area contributed by atoms with E-state index in [0.717, 1.165) is 58.5 Å². The summed E-state index contributed by atoms with van der Waals surface area (Å²) in [5, 5.41) is 11.3. The van der Waals surface area contributed by atoms with E-state index >= 15 is 0 Å². The second kappa shape index (κ2) is 9.57. The van der Waals surface area contributed by atoms with Crippen LogP contribution in [0.3, 0.4) is 0 Å². The number of fused-ring (bicyclic) bond motifs is 1. The maximum atomic E-state index is 12.6. The lowest BCUT2D eigenvalue weighted by Crippen LogP contribution is -2.39. The number of para-hydroxylation sites is 1. The minimum atomic E-state index is -0.353. The third-order valence-electron chi connectivity index (χ3n) is 6.14. The molecule has 2 heterocycles. The van der Waals surface area contributed by atoms with Crippen molar-refractivity contribution in [2.24, 2.45) is 0 Å². The molecule has 1 aromatic heterocycles. The number of aliphatic hydroxyl groups is 1. The standard InChI is InChI=1S/C26H31N3O3/c1-18-6-4-7-21-14-22(26(27-25(18)21)28-13-5-8-23(31)17-28)16-29(19(2)30)15-20-9-11-24(32-3)12-10-20/h4,6-7,9-12,14,23,31H,5,8,13,15-17H2,1-3H3. The summed E-state index contributed by atoms with van der Waals surface area (Å²) in [6.45, 7) is 6.05. The van der Waals surface area contributed by atoms with Gasteiger partial charge in [-0.05, 0) is 49.1 Å². The maximum Gasteiger partial charge on any atom is 0.220 e. The Morgan fingerprint density at radius 1 is 1.22 bits per heavy atom. The maximum absolute atomic E-state index is 12.6. The number of rotatable bonds is 6. The van der Waals surface area contributed by atoms with Gasteiger partial charge in [-0.25, -0.2) is 4.98 Å². The number of hydrogen-bond acceptors (Lipinski definition) is 5. The molecule has 1 fully saturated rings. The lowest BCUT2D eigenvalue weighted by atomic mass is 10.0. The molecule has 1 unspecified atom stereocenters. The van der Waals surface area contributed by atoms with Gasteiger partial charge in [0.2, 0.25) is 5.91 Å². The quantitative estimate of drug-likeness (QED) is 0.635. The molecule has 168 valence electrons. The zero-order chi connectivity index (χ0) is 22.7. The molecule has 6 nitrogen and oxygen atoms in total. The predicted molar refractivity (Wildman–Crippen MR) is 127 cm³/mol. The molecule has 1 amide bonds. The molecule has 0 spiro atoms. The topological polar surface area (TPSA) is 65.9 Å². The number of carbonyl (C=O) groups excluding carboxylic acids is 1. The number of piperidine rings is 1. The average Bonchev–Trinajstić information content (AvgIpc) is 2.79. The molecule has 2 aromatic carbocycles. The molecule has 1 aliphatic rings. The first kappa shape index (κ1) is 22.1. The fourth-order valence-electron chi connectivity index (χ4n) is 4.35. The van der Waals surface area contributed by atoms with Gasteiger partial charge < -0.3 is 19.6 Å². The first-order valence-corrected chi connectivity index (χ1v) is 11.2. The van der Waals surface area contributed by atoms with Crippen LogP contribution in [0.4, 0.5) is 5.82 Å². The van der Waals surface area contributed by atoms with E-state index in [1.165, 1.54) is 0 Å². The van der Waals surface area contributed by atoms with E-state index in [0.29, 0.717) is 19.6 Å². The van der Waals surface area contributed by atoms with Crippen molar-refractivity contribution in [1.29, 1.82) is 0 Å². The Morgan fingerprint density at radius 3 is 2.69 bits per heavy atom. The Kier molecular flexibility index (Phi) is 6.61. The predicted octanol–water partition coefficient (Wildman–Crippen LogP) is 4.06. The number of hydrogen-bond donors (Lipinski definition) is 1.